The lowest BCUT2D eigenvalue weighted by Gasteiger charge is -2.41. The number of carbonyl (C=O) groups is 3. The van der Waals surface area contributed by atoms with E-state index in [1.165, 1.54) is 0 Å². The molecule has 1 heterocycles. The minimum Gasteiger partial charge on any atom is -0.348 e. The van der Waals surface area contributed by atoms with Crippen molar-refractivity contribution in [1.82, 2.24) is 5.32 Å². The van der Waals surface area contributed by atoms with Gasteiger partial charge in [-0.2, -0.15) is 0 Å². The first-order valence-corrected chi connectivity index (χ1v) is 6.10. The van der Waals surface area contributed by atoms with Gasteiger partial charge in [-0.25, -0.2) is 0 Å². The van der Waals surface area contributed by atoms with Crippen LogP contribution in [0.3, 0.4) is 0 Å². The molecule has 0 radical (unpaired) electrons. The van der Waals surface area contributed by atoms with Crippen molar-refractivity contribution in [3.63, 3.8) is 0 Å². The zero-order chi connectivity index (χ0) is 14.2. The van der Waals surface area contributed by atoms with Crippen LogP contribution in [0, 0.1) is 0 Å². The molecular formula is C13H13ClN2O3. The molecule has 0 unspecified atom stereocenters. The number of piperazine rings is 1. The van der Waals surface area contributed by atoms with Crippen molar-refractivity contribution in [2.24, 2.45) is 0 Å². The Hall–Kier alpha value is -1.88. The maximum atomic E-state index is 11.9. The van der Waals surface area contributed by atoms with Gasteiger partial charge in [0.25, 0.3) is 5.91 Å². The van der Waals surface area contributed by atoms with Gasteiger partial charge in [0.05, 0.1) is 11.6 Å². The Kier molecular flexibility index (Phi) is 3.32. The van der Waals surface area contributed by atoms with E-state index >= 15 is 0 Å². The van der Waals surface area contributed by atoms with Gasteiger partial charge in [-0.1, -0.05) is 11.6 Å². The van der Waals surface area contributed by atoms with E-state index in [-0.39, 0.29) is 18.4 Å². The van der Waals surface area contributed by atoms with Gasteiger partial charge >= 0.3 is 0 Å². The number of nitrogens with one attached hydrogen (secondary N) is 1. The Morgan fingerprint density at radius 3 is 2.63 bits per heavy atom. The minimum absolute atomic E-state index is 0.0650. The molecule has 2 amide bonds. The predicted octanol–water partition coefficient (Wildman–Crippen LogP) is 1.39. The molecule has 0 bridgehead atoms. The van der Waals surface area contributed by atoms with Crippen LogP contribution in [0.2, 0.25) is 5.02 Å². The van der Waals surface area contributed by atoms with Crippen molar-refractivity contribution in [3.8, 4) is 0 Å². The number of benzene rings is 1. The Bertz CT molecular complexity index is 569. The summed E-state index contributed by atoms with van der Waals surface area (Å²) in [5.74, 6) is -0.723. The van der Waals surface area contributed by atoms with Gasteiger partial charge in [-0.15, -0.1) is 0 Å². The number of nitrogens with zero attached hydrogens (tertiary/aromatic N) is 1. The van der Waals surface area contributed by atoms with Gasteiger partial charge < -0.3 is 4.90 Å². The quantitative estimate of drug-likeness (QED) is 0.657. The summed E-state index contributed by atoms with van der Waals surface area (Å²) in [6.45, 7) is 3.50. The monoisotopic (exact) mass is 280 g/mol. The number of imide groups is 1. The van der Waals surface area contributed by atoms with E-state index in [1.54, 1.807) is 36.9 Å². The second-order valence-corrected chi connectivity index (χ2v) is 5.25. The lowest BCUT2D eigenvalue weighted by molar-refractivity contribution is -0.135. The van der Waals surface area contributed by atoms with Gasteiger partial charge in [0, 0.05) is 11.3 Å². The average Bonchev–Trinajstić information content (AvgIpc) is 2.34. The fourth-order valence-electron chi connectivity index (χ4n) is 1.98. The molecule has 1 aliphatic heterocycles. The van der Waals surface area contributed by atoms with Crippen LogP contribution in [-0.2, 0) is 9.59 Å². The molecule has 19 heavy (non-hydrogen) atoms. The maximum absolute atomic E-state index is 11.9. The Labute approximate surface area is 115 Å². The van der Waals surface area contributed by atoms with E-state index < -0.39 is 5.54 Å². The topological polar surface area (TPSA) is 66.5 Å². The molecule has 1 fully saturated rings. The van der Waals surface area contributed by atoms with E-state index in [0.717, 1.165) is 0 Å². The summed E-state index contributed by atoms with van der Waals surface area (Å²) in [6.07, 6.45) is 0.658. The van der Waals surface area contributed by atoms with E-state index in [0.29, 0.717) is 22.6 Å². The third-order valence-electron chi connectivity index (χ3n) is 3.21. The SMILES string of the molecule is CC1(C)C(=O)NC(=O)CN1c1ccc(C=O)c(Cl)c1. The van der Waals surface area contributed by atoms with Crippen molar-refractivity contribution in [3.05, 3.63) is 28.8 Å². The summed E-state index contributed by atoms with van der Waals surface area (Å²) < 4.78 is 0. The van der Waals surface area contributed by atoms with E-state index in [1.807, 2.05) is 0 Å². The van der Waals surface area contributed by atoms with Gasteiger partial charge in [0.15, 0.2) is 6.29 Å². The fraction of sp³-hybridized carbons (Fsp3) is 0.308. The standard InChI is InChI=1S/C13H13ClN2O3/c1-13(2)12(19)15-11(18)6-16(13)9-4-3-8(7-17)10(14)5-9/h3-5,7H,6H2,1-2H3,(H,15,18,19). The number of aldehydes is 1. The first kappa shape index (κ1) is 13.5. The third-order valence-corrected chi connectivity index (χ3v) is 3.54. The zero-order valence-corrected chi connectivity index (χ0v) is 11.3. The van der Waals surface area contributed by atoms with E-state index in [4.69, 9.17) is 11.6 Å². The number of anilines is 1. The van der Waals surface area contributed by atoms with Crippen LogP contribution in [0.25, 0.3) is 0 Å². The molecule has 0 saturated carbocycles. The molecule has 100 valence electrons. The molecule has 1 saturated heterocycles. The molecule has 6 heteroatoms. The van der Waals surface area contributed by atoms with Crippen LogP contribution in [-0.4, -0.2) is 30.2 Å². The van der Waals surface area contributed by atoms with Crippen LogP contribution < -0.4 is 10.2 Å². The van der Waals surface area contributed by atoms with Crippen LogP contribution in [0.1, 0.15) is 24.2 Å². The number of halogens is 1. The van der Waals surface area contributed by atoms with Crippen molar-refractivity contribution in [2.45, 2.75) is 19.4 Å². The summed E-state index contributed by atoms with van der Waals surface area (Å²) in [4.78, 5) is 35.7. The van der Waals surface area contributed by atoms with Crippen molar-refractivity contribution in [1.29, 1.82) is 0 Å². The Morgan fingerprint density at radius 2 is 2.05 bits per heavy atom. The van der Waals surface area contributed by atoms with Gasteiger partial charge in [0.2, 0.25) is 5.91 Å². The lowest BCUT2D eigenvalue weighted by Crippen LogP contribution is -2.64. The first-order valence-electron chi connectivity index (χ1n) is 5.73. The number of rotatable bonds is 2. The van der Waals surface area contributed by atoms with E-state index in [9.17, 15) is 14.4 Å². The van der Waals surface area contributed by atoms with Crippen LogP contribution in [0.15, 0.2) is 18.2 Å². The largest absolute Gasteiger partial charge is 0.348 e. The van der Waals surface area contributed by atoms with Gasteiger partial charge in [-0.3, -0.25) is 19.7 Å². The molecular weight excluding hydrogens is 268 g/mol. The first-order chi connectivity index (χ1) is 8.86. The zero-order valence-electron chi connectivity index (χ0n) is 10.6. The molecule has 2 rings (SSSR count). The molecule has 1 aromatic carbocycles. The normalized spacial score (nSPS) is 18.2. The molecule has 0 spiro atoms. The number of hydrogen-bond acceptors (Lipinski definition) is 4. The molecule has 0 atom stereocenters. The fourth-order valence-corrected chi connectivity index (χ4v) is 2.20. The Balaban J connectivity index is 2.44. The highest BCUT2D eigenvalue weighted by Crippen LogP contribution is 2.29. The second kappa shape index (κ2) is 4.66. The minimum atomic E-state index is -0.861. The van der Waals surface area contributed by atoms with Crippen LogP contribution in [0.4, 0.5) is 5.69 Å². The number of hydrogen-bond donors (Lipinski definition) is 1. The van der Waals surface area contributed by atoms with Crippen molar-refractivity contribution in [2.75, 3.05) is 11.4 Å². The molecule has 1 aromatic rings. The lowest BCUT2D eigenvalue weighted by atomic mass is 9.97. The van der Waals surface area contributed by atoms with Crippen molar-refractivity contribution >= 4 is 35.4 Å². The molecule has 5 nitrogen and oxygen atoms in total. The van der Waals surface area contributed by atoms with Crippen molar-refractivity contribution < 1.29 is 14.4 Å². The summed E-state index contributed by atoms with van der Waals surface area (Å²) in [7, 11) is 0. The van der Waals surface area contributed by atoms with Gasteiger partial charge in [0.1, 0.15) is 5.54 Å². The number of carbonyl (C=O) groups excluding carboxylic acids is 3. The molecule has 1 aliphatic rings. The molecule has 0 aromatic heterocycles. The summed E-state index contributed by atoms with van der Waals surface area (Å²) in [5, 5.41) is 2.59. The highest BCUT2D eigenvalue weighted by molar-refractivity contribution is 6.33. The molecule has 0 aliphatic carbocycles. The summed E-state index contributed by atoms with van der Waals surface area (Å²) in [6, 6.07) is 4.82. The smallest absolute Gasteiger partial charge is 0.251 e. The van der Waals surface area contributed by atoms with Gasteiger partial charge in [-0.05, 0) is 32.0 Å². The van der Waals surface area contributed by atoms with Crippen LogP contribution in [0.5, 0.6) is 0 Å². The molecule has 1 N–H and O–H groups in total. The highest BCUT2D eigenvalue weighted by Gasteiger charge is 2.41. The highest BCUT2D eigenvalue weighted by atomic mass is 35.5. The second-order valence-electron chi connectivity index (χ2n) is 4.85. The third kappa shape index (κ3) is 2.33. The maximum Gasteiger partial charge on any atom is 0.251 e. The Morgan fingerprint density at radius 1 is 1.37 bits per heavy atom. The number of amides is 2. The average molecular weight is 281 g/mol. The summed E-state index contributed by atoms with van der Waals surface area (Å²) >= 11 is 5.97. The van der Waals surface area contributed by atoms with E-state index in [2.05, 4.69) is 5.32 Å². The van der Waals surface area contributed by atoms with Crippen LogP contribution >= 0.6 is 11.6 Å². The summed E-state index contributed by atoms with van der Waals surface area (Å²) in [5.41, 5.74) is 0.139. The predicted molar refractivity (Wildman–Crippen MR) is 71.4 cm³/mol.